The van der Waals surface area contributed by atoms with Crippen molar-refractivity contribution in [3.63, 3.8) is 0 Å². The number of ether oxygens (including phenoxy) is 2. The van der Waals surface area contributed by atoms with Gasteiger partial charge < -0.3 is 19.4 Å². The minimum atomic E-state index is -0.111. The highest BCUT2D eigenvalue weighted by atomic mass is 16.5. The summed E-state index contributed by atoms with van der Waals surface area (Å²) in [6.45, 7) is 6.16. The predicted octanol–water partition coefficient (Wildman–Crippen LogP) is 3.37. The Morgan fingerprint density at radius 3 is 2.62 bits per heavy atom. The van der Waals surface area contributed by atoms with Crippen LogP contribution in [0.1, 0.15) is 15.9 Å². The summed E-state index contributed by atoms with van der Waals surface area (Å²) in [6.07, 6.45) is 2.12. The summed E-state index contributed by atoms with van der Waals surface area (Å²) in [5.41, 5.74) is 3.66. The molecule has 0 atom stereocenters. The molecule has 29 heavy (non-hydrogen) atoms. The van der Waals surface area contributed by atoms with Crippen LogP contribution in [0.4, 0.5) is 5.69 Å². The lowest BCUT2D eigenvalue weighted by atomic mass is 10.1. The van der Waals surface area contributed by atoms with Crippen molar-refractivity contribution in [1.82, 2.24) is 9.47 Å². The maximum Gasteiger partial charge on any atom is 0.255 e. The van der Waals surface area contributed by atoms with Crippen molar-refractivity contribution < 1.29 is 14.3 Å². The number of methoxy groups -OCH3 is 1. The first-order valence-electron chi connectivity index (χ1n) is 10.0. The molecule has 6 heteroatoms. The van der Waals surface area contributed by atoms with Gasteiger partial charge in [0.05, 0.1) is 19.8 Å². The van der Waals surface area contributed by atoms with Crippen LogP contribution in [0.3, 0.4) is 0 Å². The van der Waals surface area contributed by atoms with Gasteiger partial charge in [0, 0.05) is 61.6 Å². The smallest absolute Gasteiger partial charge is 0.255 e. The quantitative estimate of drug-likeness (QED) is 0.669. The molecule has 1 fully saturated rings. The molecule has 1 saturated heterocycles. The molecule has 0 saturated carbocycles. The van der Waals surface area contributed by atoms with E-state index in [0.29, 0.717) is 12.2 Å². The number of carbonyl (C=O) groups is 1. The van der Waals surface area contributed by atoms with E-state index < -0.39 is 0 Å². The SMILES string of the molecule is COCc1ccc(C(=O)Nc2ccc3c(ccn3CCN3CCOCC3)c2)cc1. The lowest BCUT2D eigenvalue weighted by molar-refractivity contribution is 0.0365. The van der Waals surface area contributed by atoms with Crippen LogP contribution >= 0.6 is 0 Å². The standard InChI is InChI=1S/C23H27N3O3/c1-28-17-18-2-4-19(5-3-18)23(27)24-21-6-7-22-20(16-21)8-9-26(22)11-10-25-12-14-29-15-13-25/h2-9,16H,10-15,17H2,1H3,(H,24,27). The van der Waals surface area contributed by atoms with Crippen LogP contribution in [-0.4, -0.2) is 55.3 Å². The highest BCUT2D eigenvalue weighted by Gasteiger charge is 2.11. The second kappa shape index (κ2) is 9.22. The van der Waals surface area contributed by atoms with Crippen LogP contribution in [-0.2, 0) is 22.6 Å². The van der Waals surface area contributed by atoms with Crippen molar-refractivity contribution in [2.75, 3.05) is 45.3 Å². The van der Waals surface area contributed by atoms with Gasteiger partial charge in [-0.15, -0.1) is 0 Å². The molecular weight excluding hydrogens is 366 g/mol. The maximum atomic E-state index is 12.5. The Morgan fingerprint density at radius 1 is 1.07 bits per heavy atom. The van der Waals surface area contributed by atoms with Gasteiger partial charge in [0.15, 0.2) is 0 Å². The fourth-order valence-electron chi connectivity index (χ4n) is 3.67. The van der Waals surface area contributed by atoms with E-state index in [9.17, 15) is 4.79 Å². The van der Waals surface area contributed by atoms with Gasteiger partial charge in [-0.2, -0.15) is 0 Å². The van der Waals surface area contributed by atoms with E-state index in [1.165, 1.54) is 5.52 Å². The topological polar surface area (TPSA) is 55.7 Å². The van der Waals surface area contributed by atoms with Crippen LogP contribution in [0, 0.1) is 0 Å². The molecule has 2 aromatic carbocycles. The zero-order valence-corrected chi connectivity index (χ0v) is 16.8. The summed E-state index contributed by atoms with van der Waals surface area (Å²) >= 11 is 0. The first-order chi connectivity index (χ1) is 14.2. The van der Waals surface area contributed by atoms with Crippen molar-refractivity contribution in [2.24, 2.45) is 0 Å². The number of hydrogen-bond donors (Lipinski definition) is 1. The number of aromatic nitrogens is 1. The molecule has 0 aliphatic carbocycles. The number of benzene rings is 2. The Morgan fingerprint density at radius 2 is 1.86 bits per heavy atom. The number of nitrogens with one attached hydrogen (secondary N) is 1. The average molecular weight is 393 g/mol. The number of morpholine rings is 1. The zero-order chi connectivity index (χ0) is 20.1. The van der Waals surface area contributed by atoms with E-state index >= 15 is 0 Å². The van der Waals surface area contributed by atoms with Gasteiger partial charge in [-0.25, -0.2) is 0 Å². The molecule has 152 valence electrons. The second-order valence-electron chi connectivity index (χ2n) is 7.32. The van der Waals surface area contributed by atoms with Crippen molar-refractivity contribution in [1.29, 1.82) is 0 Å². The molecular formula is C23H27N3O3. The summed E-state index contributed by atoms with van der Waals surface area (Å²) in [7, 11) is 1.66. The summed E-state index contributed by atoms with van der Waals surface area (Å²) < 4.78 is 12.8. The molecule has 4 rings (SSSR count). The summed E-state index contributed by atoms with van der Waals surface area (Å²) in [6, 6.07) is 15.6. The van der Waals surface area contributed by atoms with Gasteiger partial charge in [0.25, 0.3) is 5.91 Å². The van der Waals surface area contributed by atoms with E-state index in [-0.39, 0.29) is 5.91 Å². The first-order valence-corrected chi connectivity index (χ1v) is 10.0. The van der Waals surface area contributed by atoms with Crippen LogP contribution in [0.15, 0.2) is 54.7 Å². The number of hydrogen-bond acceptors (Lipinski definition) is 4. The Bertz CT molecular complexity index is 959. The number of anilines is 1. The van der Waals surface area contributed by atoms with Crippen LogP contribution in [0.5, 0.6) is 0 Å². The number of carbonyl (C=O) groups excluding carboxylic acids is 1. The minimum absolute atomic E-state index is 0.111. The highest BCUT2D eigenvalue weighted by molar-refractivity contribution is 6.05. The highest BCUT2D eigenvalue weighted by Crippen LogP contribution is 2.21. The van der Waals surface area contributed by atoms with E-state index in [2.05, 4.69) is 33.1 Å². The van der Waals surface area contributed by atoms with Crippen molar-refractivity contribution in [3.8, 4) is 0 Å². The number of nitrogens with zero attached hydrogens (tertiary/aromatic N) is 2. The Balaban J connectivity index is 1.40. The third kappa shape index (κ3) is 4.85. The van der Waals surface area contributed by atoms with E-state index in [0.717, 1.165) is 56.0 Å². The molecule has 0 unspecified atom stereocenters. The van der Waals surface area contributed by atoms with Gasteiger partial charge in [-0.05, 0) is 42.0 Å². The van der Waals surface area contributed by atoms with Crippen molar-refractivity contribution >= 4 is 22.5 Å². The number of rotatable bonds is 7. The minimum Gasteiger partial charge on any atom is -0.380 e. The van der Waals surface area contributed by atoms with Gasteiger partial charge >= 0.3 is 0 Å². The number of amides is 1. The first kappa shape index (κ1) is 19.6. The summed E-state index contributed by atoms with van der Waals surface area (Å²) in [4.78, 5) is 15.0. The molecule has 0 spiro atoms. The van der Waals surface area contributed by atoms with E-state index in [4.69, 9.17) is 9.47 Å². The Labute approximate surface area is 171 Å². The van der Waals surface area contributed by atoms with Crippen LogP contribution in [0.25, 0.3) is 10.9 Å². The second-order valence-corrected chi connectivity index (χ2v) is 7.32. The molecule has 1 aromatic heterocycles. The fourth-order valence-corrected chi connectivity index (χ4v) is 3.67. The third-order valence-corrected chi connectivity index (χ3v) is 5.32. The molecule has 1 N–H and O–H groups in total. The van der Waals surface area contributed by atoms with Crippen LogP contribution in [0.2, 0.25) is 0 Å². The molecule has 1 aliphatic heterocycles. The lowest BCUT2D eigenvalue weighted by Gasteiger charge is -2.26. The molecule has 6 nitrogen and oxygen atoms in total. The van der Waals surface area contributed by atoms with Crippen LogP contribution < -0.4 is 5.32 Å². The Hall–Kier alpha value is -2.67. The Kier molecular flexibility index (Phi) is 6.24. The summed E-state index contributed by atoms with van der Waals surface area (Å²) in [5.74, 6) is -0.111. The predicted molar refractivity (Wildman–Crippen MR) is 114 cm³/mol. The molecule has 2 heterocycles. The largest absolute Gasteiger partial charge is 0.380 e. The zero-order valence-electron chi connectivity index (χ0n) is 16.8. The van der Waals surface area contributed by atoms with E-state index in [1.54, 1.807) is 7.11 Å². The number of fused-ring (bicyclic) bond motifs is 1. The molecule has 1 amide bonds. The fraction of sp³-hybridized carbons (Fsp3) is 0.348. The monoisotopic (exact) mass is 393 g/mol. The van der Waals surface area contributed by atoms with Crippen molar-refractivity contribution in [2.45, 2.75) is 13.2 Å². The maximum absolute atomic E-state index is 12.5. The van der Waals surface area contributed by atoms with Gasteiger partial charge in [0.1, 0.15) is 0 Å². The van der Waals surface area contributed by atoms with Gasteiger partial charge in [-0.3, -0.25) is 9.69 Å². The van der Waals surface area contributed by atoms with Crippen molar-refractivity contribution in [3.05, 3.63) is 65.9 Å². The van der Waals surface area contributed by atoms with E-state index in [1.807, 2.05) is 36.4 Å². The normalized spacial score (nSPS) is 14.9. The molecule has 3 aromatic rings. The summed E-state index contributed by atoms with van der Waals surface area (Å²) in [5, 5.41) is 4.12. The third-order valence-electron chi connectivity index (χ3n) is 5.32. The molecule has 0 bridgehead atoms. The lowest BCUT2D eigenvalue weighted by Crippen LogP contribution is -2.38. The van der Waals surface area contributed by atoms with Gasteiger partial charge in [0.2, 0.25) is 0 Å². The average Bonchev–Trinajstić information content (AvgIpc) is 3.16. The molecule has 1 aliphatic rings. The van der Waals surface area contributed by atoms with Gasteiger partial charge in [-0.1, -0.05) is 12.1 Å². The molecule has 0 radical (unpaired) electrons.